The number of nitrogens with one attached hydrogen (secondary N) is 1. The number of anilines is 1. The molecule has 138 valence electrons. The van der Waals surface area contributed by atoms with Gasteiger partial charge in [-0.2, -0.15) is 0 Å². The molecule has 25 heavy (non-hydrogen) atoms. The minimum absolute atomic E-state index is 0.155. The molecule has 1 aliphatic heterocycles. The topological polar surface area (TPSA) is 92.8 Å². The van der Waals surface area contributed by atoms with Crippen LogP contribution in [0.25, 0.3) is 0 Å². The van der Waals surface area contributed by atoms with Gasteiger partial charge in [0.2, 0.25) is 15.9 Å². The minimum atomic E-state index is -3.21. The van der Waals surface area contributed by atoms with E-state index in [1.165, 1.54) is 10.6 Å². The Morgan fingerprint density at radius 2 is 1.92 bits per heavy atom. The summed E-state index contributed by atoms with van der Waals surface area (Å²) in [5, 5.41) is 2.86. The molecule has 1 amide bonds. The van der Waals surface area contributed by atoms with Crippen LogP contribution in [-0.4, -0.2) is 50.6 Å². The van der Waals surface area contributed by atoms with Crippen molar-refractivity contribution in [3.8, 4) is 0 Å². The molecule has 1 aliphatic rings. The number of sulfonamides is 1. The van der Waals surface area contributed by atoms with Gasteiger partial charge in [0.1, 0.15) is 0 Å². The molecule has 0 aromatic heterocycles. The Bertz CT molecular complexity index is 752. The van der Waals surface area contributed by atoms with E-state index in [1.54, 1.807) is 32.0 Å². The summed E-state index contributed by atoms with van der Waals surface area (Å²) in [6, 6.07) is 5.09. The van der Waals surface area contributed by atoms with Crippen molar-refractivity contribution in [3.05, 3.63) is 29.3 Å². The summed E-state index contributed by atoms with van der Waals surface area (Å²) in [5.74, 6) is -0.821. The third-order valence-electron chi connectivity index (χ3n) is 4.38. The highest BCUT2D eigenvalue weighted by Gasteiger charge is 2.29. The van der Waals surface area contributed by atoms with E-state index in [-0.39, 0.29) is 18.4 Å². The number of hydrogen-bond donors (Lipinski definition) is 1. The molecular weight excluding hydrogens is 344 g/mol. The summed E-state index contributed by atoms with van der Waals surface area (Å²) in [5.41, 5.74) is 1.65. The molecule has 1 heterocycles. The smallest absolute Gasteiger partial charge is 0.338 e. The quantitative estimate of drug-likeness (QED) is 0.800. The average molecular weight is 368 g/mol. The Morgan fingerprint density at radius 3 is 2.48 bits per heavy atom. The van der Waals surface area contributed by atoms with E-state index in [0.717, 1.165) is 0 Å². The van der Waals surface area contributed by atoms with Crippen molar-refractivity contribution in [2.24, 2.45) is 5.92 Å². The standard InChI is InChI=1S/C17H24N2O5S/c1-4-24-17(21)14-6-5-7-15(12(14)2)18-16(20)13-8-10-19(11-9-13)25(3,22)23/h5-7,13H,4,8-11H2,1-3H3,(H,18,20). The second-order valence-corrected chi connectivity index (χ2v) is 8.11. The van der Waals surface area contributed by atoms with Crippen molar-refractivity contribution in [1.29, 1.82) is 0 Å². The van der Waals surface area contributed by atoms with Gasteiger partial charge in [-0.15, -0.1) is 0 Å². The van der Waals surface area contributed by atoms with Crippen LogP contribution >= 0.6 is 0 Å². The van der Waals surface area contributed by atoms with Crippen LogP contribution in [0.4, 0.5) is 5.69 Å². The van der Waals surface area contributed by atoms with E-state index < -0.39 is 16.0 Å². The predicted octanol–water partition coefficient (Wildman–Crippen LogP) is 1.78. The summed E-state index contributed by atoms with van der Waals surface area (Å²) in [6.45, 7) is 4.47. The van der Waals surface area contributed by atoms with Crippen LogP contribution in [0, 0.1) is 12.8 Å². The molecule has 8 heteroatoms. The molecule has 0 radical (unpaired) electrons. The van der Waals surface area contributed by atoms with E-state index in [2.05, 4.69) is 5.32 Å². The van der Waals surface area contributed by atoms with Crippen LogP contribution in [0.15, 0.2) is 18.2 Å². The Labute approximate surface area is 148 Å². The van der Waals surface area contributed by atoms with Crippen LogP contribution in [0.2, 0.25) is 0 Å². The molecule has 0 bridgehead atoms. The maximum Gasteiger partial charge on any atom is 0.338 e. The highest BCUT2D eigenvalue weighted by Crippen LogP contribution is 2.24. The number of piperidine rings is 1. The molecule has 0 unspecified atom stereocenters. The fraction of sp³-hybridized carbons (Fsp3) is 0.529. The monoisotopic (exact) mass is 368 g/mol. The van der Waals surface area contributed by atoms with Crippen LogP contribution in [0.5, 0.6) is 0 Å². The highest BCUT2D eigenvalue weighted by molar-refractivity contribution is 7.88. The number of hydrogen-bond acceptors (Lipinski definition) is 5. The SMILES string of the molecule is CCOC(=O)c1cccc(NC(=O)C2CCN(S(C)(=O)=O)CC2)c1C. The normalized spacial score (nSPS) is 16.4. The highest BCUT2D eigenvalue weighted by atomic mass is 32.2. The van der Waals surface area contributed by atoms with Crippen molar-refractivity contribution >= 4 is 27.6 Å². The molecule has 0 spiro atoms. The lowest BCUT2D eigenvalue weighted by atomic mass is 9.96. The average Bonchev–Trinajstić information content (AvgIpc) is 2.56. The van der Waals surface area contributed by atoms with E-state index >= 15 is 0 Å². The molecule has 1 aromatic rings. The number of nitrogens with zero attached hydrogens (tertiary/aromatic N) is 1. The maximum absolute atomic E-state index is 12.5. The molecule has 0 saturated carbocycles. The van der Waals surface area contributed by atoms with E-state index in [4.69, 9.17) is 4.74 Å². The van der Waals surface area contributed by atoms with Crippen molar-refractivity contribution < 1.29 is 22.7 Å². The van der Waals surface area contributed by atoms with Gasteiger partial charge < -0.3 is 10.1 Å². The first-order chi connectivity index (χ1) is 11.7. The molecule has 1 aromatic carbocycles. The minimum Gasteiger partial charge on any atom is -0.462 e. The molecule has 7 nitrogen and oxygen atoms in total. The molecule has 0 aliphatic carbocycles. The Morgan fingerprint density at radius 1 is 1.28 bits per heavy atom. The van der Waals surface area contributed by atoms with Crippen molar-refractivity contribution in [3.63, 3.8) is 0 Å². The predicted molar refractivity (Wildman–Crippen MR) is 94.9 cm³/mol. The summed E-state index contributed by atoms with van der Waals surface area (Å²) < 4.78 is 29.5. The third kappa shape index (κ3) is 4.79. The largest absolute Gasteiger partial charge is 0.462 e. The lowest BCUT2D eigenvalue weighted by Gasteiger charge is -2.29. The van der Waals surface area contributed by atoms with Gasteiger partial charge in [0, 0.05) is 24.7 Å². The van der Waals surface area contributed by atoms with Gasteiger partial charge in [0.25, 0.3) is 0 Å². The first-order valence-electron chi connectivity index (χ1n) is 8.26. The second-order valence-electron chi connectivity index (χ2n) is 6.12. The third-order valence-corrected chi connectivity index (χ3v) is 5.68. The molecule has 1 saturated heterocycles. The van der Waals surface area contributed by atoms with Crippen molar-refractivity contribution in [1.82, 2.24) is 4.31 Å². The second kappa shape index (κ2) is 7.97. The summed E-state index contributed by atoms with van der Waals surface area (Å²) in [6.07, 6.45) is 2.14. The van der Waals surface area contributed by atoms with Gasteiger partial charge in [-0.1, -0.05) is 6.07 Å². The molecule has 2 rings (SSSR count). The van der Waals surface area contributed by atoms with Crippen LogP contribution in [0.3, 0.4) is 0 Å². The number of amides is 1. The van der Waals surface area contributed by atoms with E-state index in [0.29, 0.717) is 42.7 Å². The zero-order valence-corrected chi connectivity index (χ0v) is 15.6. The maximum atomic E-state index is 12.5. The molecule has 1 N–H and O–H groups in total. The first-order valence-corrected chi connectivity index (χ1v) is 10.1. The van der Waals surface area contributed by atoms with Crippen LogP contribution in [0.1, 0.15) is 35.7 Å². The fourth-order valence-corrected chi connectivity index (χ4v) is 3.76. The number of esters is 1. The van der Waals surface area contributed by atoms with Crippen LogP contribution in [-0.2, 0) is 19.6 Å². The van der Waals surface area contributed by atoms with Gasteiger partial charge in [0.15, 0.2) is 0 Å². The Hall–Kier alpha value is -1.93. The lowest BCUT2D eigenvalue weighted by molar-refractivity contribution is -0.120. The van der Waals surface area contributed by atoms with Crippen molar-refractivity contribution in [2.45, 2.75) is 26.7 Å². The summed E-state index contributed by atoms with van der Waals surface area (Å²) in [4.78, 5) is 24.4. The Balaban J connectivity index is 2.04. The number of benzene rings is 1. The molecular formula is C17H24N2O5S. The number of ether oxygens (including phenoxy) is 1. The fourth-order valence-electron chi connectivity index (χ4n) is 2.89. The number of carbonyl (C=O) groups is 2. The van der Waals surface area contributed by atoms with Crippen LogP contribution < -0.4 is 5.32 Å². The zero-order chi connectivity index (χ0) is 18.6. The zero-order valence-electron chi connectivity index (χ0n) is 14.7. The number of carbonyl (C=O) groups excluding carboxylic acids is 2. The summed E-state index contributed by atoms with van der Waals surface area (Å²) in [7, 11) is -3.21. The molecule has 0 atom stereocenters. The van der Waals surface area contributed by atoms with E-state index in [9.17, 15) is 18.0 Å². The van der Waals surface area contributed by atoms with Gasteiger partial charge in [-0.25, -0.2) is 17.5 Å². The van der Waals surface area contributed by atoms with Gasteiger partial charge >= 0.3 is 5.97 Å². The summed E-state index contributed by atoms with van der Waals surface area (Å²) >= 11 is 0. The Kier molecular flexibility index (Phi) is 6.18. The van der Waals surface area contributed by atoms with Crippen molar-refractivity contribution in [2.75, 3.05) is 31.3 Å². The molecule has 1 fully saturated rings. The number of rotatable bonds is 5. The van der Waals surface area contributed by atoms with Gasteiger partial charge in [-0.3, -0.25) is 4.79 Å². The van der Waals surface area contributed by atoms with Gasteiger partial charge in [0.05, 0.1) is 18.4 Å². The van der Waals surface area contributed by atoms with Gasteiger partial charge in [-0.05, 0) is 44.4 Å². The van der Waals surface area contributed by atoms with E-state index in [1.807, 2.05) is 0 Å². The first kappa shape index (κ1) is 19.4. The lowest BCUT2D eigenvalue weighted by Crippen LogP contribution is -2.40.